The van der Waals surface area contributed by atoms with Gasteiger partial charge in [-0.1, -0.05) is 0 Å². The van der Waals surface area contributed by atoms with Gasteiger partial charge < -0.3 is 20.1 Å². The lowest BCUT2D eigenvalue weighted by molar-refractivity contribution is -0.137. The van der Waals surface area contributed by atoms with E-state index in [1.807, 2.05) is 20.8 Å². The predicted molar refractivity (Wildman–Crippen MR) is 79.4 cm³/mol. The first-order valence-corrected chi connectivity index (χ1v) is 7.39. The summed E-state index contributed by atoms with van der Waals surface area (Å²) >= 11 is 0. The van der Waals surface area contributed by atoms with E-state index < -0.39 is 11.6 Å². The third-order valence-electron chi connectivity index (χ3n) is 3.20. The molecule has 122 valence electrons. The van der Waals surface area contributed by atoms with E-state index in [2.05, 4.69) is 15.1 Å². The molecule has 0 aliphatic carbocycles. The van der Waals surface area contributed by atoms with E-state index in [1.165, 1.54) is 0 Å². The van der Waals surface area contributed by atoms with E-state index in [1.54, 1.807) is 0 Å². The largest absolute Gasteiger partial charge is 0.481 e. The smallest absolute Gasteiger partial charge is 0.407 e. The number of amides is 1. The summed E-state index contributed by atoms with van der Waals surface area (Å²) in [7, 11) is 0. The van der Waals surface area contributed by atoms with Crippen LogP contribution in [-0.2, 0) is 9.53 Å². The van der Waals surface area contributed by atoms with Crippen LogP contribution in [0.3, 0.4) is 0 Å². The molecular formula is C14H27N3O4. The second kappa shape index (κ2) is 8.19. The fourth-order valence-corrected chi connectivity index (χ4v) is 2.12. The standard InChI is InChI=1S/C14H27N3O4/c1-14(2,3)21-13(20)15-5-7-17-10-8-16(9-11-17)6-4-12(18)19/h4-11H2,1-3H3,(H,15,20)(H,18,19). The molecule has 0 aromatic heterocycles. The van der Waals surface area contributed by atoms with Gasteiger partial charge in [-0.25, -0.2) is 4.79 Å². The molecule has 1 aliphatic rings. The third-order valence-corrected chi connectivity index (χ3v) is 3.20. The lowest BCUT2D eigenvalue weighted by Gasteiger charge is -2.34. The molecule has 0 aromatic rings. The summed E-state index contributed by atoms with van der Waals surface area (Å²) in [4.78, 5) is 26.4. The Balaban J connectivity index is 2.10. The number of hydrogen-bond donors (Lipinski definition) is 2. The highest BCUT2D eigenvalue weighted by Gasteiger charge is 2.18. The van der Waals surface area contributed by atoms with E-state index in [-0.39, 0.29) is 12.5 Å². The molecule has 1 saturated heterocycles. The minimum atomic E-state index is -0.751. The molecule has 0 bridgehead atoms. The summed E-state index contributed by atoms with van der Waals surface area (Å²) < 4.78 is 5.17. The number of nitrogens with zero attached hydrogens (tertiary/aromatic N) is 2. The van der Waals surface area contributed by atoms with Gasteiger partial charge in [0.25, 0.3) is 0 Å². The first kappa shape index (κ1) is 17.7. The molecular weight excluding hydrogens is 274 g/mol. The minimum Gasteiger partial charge on any atom is -0.481 e. The van der Waals surface area contributed by atoms with Crippen LogP contribution >= 0.6 is 0 Å². The maximum Gasteiger partial charge on any atom is 0.407 e. The number of carboxylic acids is 1. The van der Waals surface area contributed by atoms with E-state index in [9.17, 15) is 9.59 Å². The fraction of sp³-hybridized carbons (Fsp3) is 0.857. The fourth-order valence-electron chi connectivity index (χ4n) is 2.12. The molecule has 21 heavy (non-hydrogen) atoms. The summed E-state index contributed by atoms with van der Waals surface area (Å²) in [5.74, 6) is -0.751. The number of ether oxygens (including phenoxy) is 1. The zero-order valence-corrected chi connectivity index (χ0v) is 13.2. The first-order valence-electron chi connectivity index (χ1n) is 7.39. The maximum absolute atomic E-state index is 11.5. The lowest BCUT2D eigenvalue weighted by atomic mass is 10.2. The van der Waals surface area contributed by atoms with Gasteiger partial charge in [0.05, 0.1) is 6.42 Å². The summed E-state index contributed by atoms with van der Waals surface area (Å²) in [5.41, 5.74) is -0.472. The number of piperazine rings is 1. The monoisotopic (exact) mass is 301 g/mol. The maximum atomic E-state index is 11.5. The van der Waals surface area contributed by atoms with Gasteiger partial charge in [-0.15, -0.1) is 0 Å². The van der Waals surface area contributed by atoms with Crippen LogP contribution in [0.2, 0.25) is 0 Å². The molecule has 0 radical (unpaired) electrons. The Kier molecular flexibility index (Phi) is 6.91. The Labute approximate surface area is 126 Å². The molecule has 7 heteroatoms. The van der Waals surface area contributed by atoms with E-state index >= 15 is 0 Å². The van der Waals surface area contributed by atoms with Crippen LogP contribution in [0.4, 0.5) is 4.79 Å². The van der Waals surface area contributed by atoms with Crippen molar-refractivity contribution in [3.05, 3.63) is 0 Å². The number of alkyl carbamates (subject to hydrolysis) is 1. The van der Waals surface area contributed by atoms with Crippen LogP contribution in [-0.4, -0.2) is 78.4 Å². The predicted octanol–water partition coefficient (Wildman–Crippen LogP) is 0.603. The summed E-state index contributed by atoms with van der Waals surface area (Å²) in [5, 5.41) is 11.4. The quantitative estimate of drug-likeness (QED) is 0.748. The number of carbonyl (C=O) groups is 2. The Bertz CT molecular complexity index is 347. The molecule has 1 amide bonds. The summed E-state index contributed by atoms with van der Waals surface area (Å²) in [6.45, 7) is 11.0. The molecule has 1 aliphatic heterocycles. The second-order valence-electron chi connectivity index (χ2n) is 6.26. The first-order chi connectivity index (χ1) is 9.76. The molecule has 1 fully saturated rings. The molecule has 0 spiro atoms. The van der Waals surface area contributed by atoms with Crippen LogP contribution in [0.5, 0.6) is 0 Å². The zero-order valence-electron chi connectivity index (χ0n) is 13.2. The number of rotatable bonds is 6. The minimum absolute atomic E-state index is 0.195. The van der Waals surface area contributed by atoms with Crippen molar-refractivity contribution in [2.75, 3.05) is 45.8 Å². The van der Waals surface area contributed by atoms with Crippen molar-refractivity contribution in [1.82, 2.24) is 15.1 Å². The average Bonchev–Trinajstić information content (AvgIpc) is 2.35. The highest BCUT2D eigenvalue weighted by Crippen LogP contribution is 2.06. The Morgan fingerprint density at radius 3 is 2.10 bits per heavy atom. The topological polar surface area (TPSA) is 82.1 Å². The van der Waals surface area contributed by atoms with Gasteiger partial charge in [-0.2, -0.15) is 0 Å². The van der Waals surface area contributed by atoms with Crippen molar-refractivity contribution in [2.45, 2.75) is 32.8 Å². The number of aliphatic carboxylic acids is 1. The second-order valence-corrected chi connectivity index (χ2v) is 6.26. The molecule has 7 nitrogen and oxygen atoms in total. The van der Waals surface area contributed by atoms with Crippen LogP contribution in [0.15, 0.2) is 0 Å². The summed E-state index contributed by atoms with van der Waals surface area (Å²) in [6, 6.07) is 0. The van der Waals surface area contributed by atoms with E-state index in [4.69, 9.17) is 9.84 Å². The van der Waals surface area contributed by atoms with Crippen molar-refractivity contribution in [1.29, 1.82) is 0 Å². The van der Waals surface area contributed by atoms with Crippen molar-refractivity contribution >= 4 is 12.1 Å². The Morgan fingerprint density at radius 1 is 1.10 bits per heavy atom. The van der Waals surface area contributed by atoms with Gasteiger partial charge >= 0.3 is 12.1 Å². The molecule has 0 saturated carbocycles. The molecule has 1 heterocycles. The number of carboxylic acid groups (broad SMARTS) is 1. The highest BCUT2D eigenvalue weighted by atomic mass is 16.6. The van der Waals surface area contributed by atoms with Gasteiger partial charge in [0.2, 0.25) is 0 Å². The normalized spacial score (nSPS) is 17.5. The molecule has 0 atom stereocenters. The van der Waals surface area contributed by atoms with E-state index in [0.717, 1.165) is 32.7 Å². The van der Waals surface area contributed by atoms with Crippen molar-refractivity contribution in [3.8, 4) is 0 Å². The lowest BCUT2D eigenvalue weighted by Crippen LogP contribution is -2.49. The Hall–Kier alpha value is -1.34. The van der Waals surface area contributed by atoms with E-state index in [0.29, 0.717) is 13.1 Å². The van der Waals surface area contributed by atoms with Crippen molar-refractivity contribution in [3.63, 3.8) is 0 Å². The Morgan fingerprint density at radius 2 is 1.62 bits per heavy atom. The summed E-state index contributed by atoms with van der Waals surface area (Å²) in [6.07, 6.45) is -0.192. The van der Waals surface area contributed by atoms with Gasteiger partial charge in [0.1, 0.15) is 5.60 Å². The van der Waals surface area contributed by atoms with Crippen LogP contribution in [0.1, 0.15) is 27.2 Å². The highest BCUT2D eigenvalue weighted by molar-refractivity contribution is 5.67. The van der Waals surface area contributed by atoms with Gasteiger partial charge in [-0.3, -0.25) is 9.69 Å². The molecule has 0 unspecified atom stereocenters. The van der Waals surface area contributed by atoms with Gasteiger partial charge in [0.15, 0.2) is 0 Å². The molecule has 0 aromatic carbocycles. The molecule has 2 N–H and O–H groups in total. The van der Waals surface area contributed by atoms with Crippen molar-refractivity contribution < 1.29 is 19.4 Å². The van der Waals surface area contributed by atoms with Gasteiger partial charge in [-0.05, 0) is 20.8 Å². The van der Waals surface area contributed by atoms with Crippen LogP contribution in [0, 0.1) is 0 Å². The van der Waals surface area contributed by atoms with Crippen LogP contribution < -0.4 is 5.32 Å². The SMILES string of the molecule is CC(C)(C)OC(=O)NCCN1CCN(CCC(=O)O)CC1. The average molecular weight is 301 g/mol. The van der Waals surface area contributed by atoms with Gasteiger partial charge in [0, 0.05) is 45.8 Å². The number of nitrogens with one attached hydrogen (secondary N) is 1. The third kappa shape index (κ3) is 8.52. The zero-order chi connectivity index (χ0) is 15.9. The number of carbonyl (C=O) groups excluding carboxylic acids is 1. The van der Waals surface area contributed by atoms with Crippen LogP contribution in [0.25, 0.3) is 0 Å². The van der Waals surface area contributed by atoms with Crippen molar-refractivity contribution in [2.24, 2.45) is 0 Å². The molecule has 1 rings (SSSR count). The number of hydrogen-bond acceptors (Lipinski definition) is 5.